The van der Waals surface area contributed by atoms with Gasteiger partial charge in [0.05, 0.1) is 17.9 Å². The van der Waals surface area contributed by atoms with E-state index in [9.17, 15) is 14.0 Å². The second-order valence-corrected chi connectivity index (χ2v) is 8.57. The number of para-hydroxylation sites is 1. The van der Waals surface area contributed by atoms with Crippen molar-refractivity contribution in [3.8, 4) is 11.5 Å². The molecule has 2 aromatic carbocycles. The van der Waals surface area contributed by atoms with E-state index in [4.69, 9.17) is 9.47 Å². The third-order valence-electron chi connectivity index (χ3n) is 6.37. The topological polar surface area (TPSA) is 67.9 Å². The van der Waals surface area contributed by atoms with Crippen molar-refractivity contribution in [3.05, 3.63) is 53.3 Å². The fourth-order valence-electron chi connectivity index (χ4n) is 4.67. The fourth-order valence-corrected chi connectivity index (χ4v) is 4.67. The highest BCUT2D eigenvalue weighted by Gasteiger charge is 2.34. The van der Waals surface area contributed by atoms with Crippen LogP contribution in [0.15, 0.2) is 36.4 Å². The van der Waals surface area contributed by atoms with Crippen LogP contribution in [0.4, 0.5) is 10.1 Å². The SMILES string of the molecule is O=C1COc2cc(F)c(C(=O)N3CC(COc4ccccc4C4CCCC4)C3)cc2N1. The maximum Gasteiger partial charge on any atom is 0.262 e. The molecule has 0 aromatic heterocycles. The van der Waals surface area contributed by atoms with Crippen LogP contribution in [0.2, 0.25) is 0 Å². The number of fused-ring (bicyclic) bond motifs is 1. The van der Waals surface area contributed by atoms with Crippen LogP contribution >= 0.6 is 0 Å². The molecule has 0 unspecified atom stereocenters. The number of carbonyl (C=O) groups excluding carboxylic acids is 2. The molecule has 1 saturated heterocycles. The first-order valence-corrected chi connectivity index (χ1v) is 10.9. The summed E-state index contributed by atoms with van der Waals surface area (Å²) in [6.45, 7) is 1.41. The van der Waals surface area contributed by atoms with Crippen molar-refractivity contribution in [3.63, 3.8) is 0 Å². The van der Waals surface area contributed by atoms with Gasteiger partial charge >= 0.3 is 0 Å². The molecule has 0 radical (unpaired) electrons. The molecular weight excluding hydrogens is 399 g/mol. The highest BCUT2D eigenvalue weighted by molar-refractivity contribution is 6.00. The summed E-state index contributed by atoms with van der Waals surface area (Å²) < 4.78 is 25.8. The van der Waals surface area contributed by atoms with E-state index in [1.165, 1.54) is 37.3 Å². The molecule has 31 heavy (non-hydrogen) atoms. The zero-order valence-electron chi connectivity index (χ0n) is 17.2. The molecule has 2 heterocycles. The third kappa shape index (κ3) is 3.96. The minimum Gasteiger partial charge on any atom is -0.493 e. The smallest absolute Gasteiger partial charge is 0.262 e. The third-order valence-corrected chi connectivity index (χ3v) is 6.37. The summed E-state index contributed by atoms with van der Waals surface area (Å²) in [5, 5.41) is 2.61. The monoisotopic (exact) mass is 424 g/mol. The summed E-state index contributed by atoms with van der Waals surface area (Å²) >= 11 is 0. The van der Waals surface area contributed by atoms with Crippen LogP contribution in [-0.2, 0) is 4.79 Å². The Balaban J connectivity index is 1.19. The van der Waals surface area contributed by atoms with Crippen molar-refractivity contribution in [2.24, 2.45) is 5.92 Å². The largest absolute Gasteiger partial charge is 0.493 e. The number of benzene rings is 2. The van der Waals surface area contributed by atoms with Crippen LogP contribution in [0, 0.1) is 11.7 Å². The summed E-state index contributed by atoms with van der Waals surface area (Å²) in [5.41, 5.74) is 1.55. The Morgan fingerprint density at radius 3 is 2.77 bits per heavy atom. The van der Waals surface area contributed by atoms with Gasteiger partial charge in [-0.15, -0.1) is 0 Å². The highest BCUT2D eigenvalue weighted by Crippen LogP contribution is 2.39. The van der Waals surface area contributed by atoms with Crippen molar-refractivity contribution < 1.29 is 23.5 Å². The summed E-state index contributed by atoms with van der Waals surface area (Å²) in [6, 6.07) is 10.7. The predicted octanol–water partition coefficient (Wildman–Crippen LogP) is 3.97. The average molecular weight is 424 g/mol. The molecule has 1 saturated carbocycles. The van der Waals surface area contributed by atoms with Crippen molar-refractivity contribution in [2.75, 3.05) is 31.6 Å². The summed E-state index contributed by atoms with van der Waals surface area (Å²) in [4.78, 5) is 25.9. The lowest BCUT2D eigenvalue weighted by atomic mass is 9.96. The Morgan fingerprint density at radius 2 is 1.97 bits per heavy atom. The lowest BCUT2D eigenvalue weighted by molar-refractivity contribution is -0.118. The lowest BCUT2D eigenvalue weighted by Crippen LogP contribution is -2.52. The second kappa shape index (κ2) is 8.21. The number of hydrogen-bond acceptors (Lipinski definition) is 4. The number of nitrogens with zero attached hydrogens (tertiary/aromatic N) is 1. The highest BCUT2D eigenvalue weighted by atomic mass is 19.1. The second-order valence-electron chi connectivity index (χ2n) is 8.57. The van der Waals surface area contributed by atoms with Gasteiger partial charge in [-0.1, -0.05) is 31.0 Å². The number of nitrogens with one attached hydrogen (secondary N) is 1. The van der Waals surface area contributed by atoms with Gasteiger partial charge in [0.25, 0.3) is 11.8 Å². The van der Waals surface area contributed by atoms with Gasteiger partial charge in [-0.2, -0.15) is 0 Å². The molecule has 7 heteroatoms. The van der Waals surface area contributed by atoms with Crippen LogP contribution < -0.4 is 14.8 Å². The first kappa shape index (κ1) is 19.8. The maximum absolute atomic E-state index is 14.4. The van der Waals surface area contributed by atoms with Crippen LogP contribution in [-0.4, -0.2) is 43.0 Å². The quantitative estimate of drug-likeness (QED) is 0.789. The van der Waals surface area contributed by atoms with Crippen LogP contribution in [0.25, 0.3) is 0 Å². The standard InChI is InChI=1S/C24H25FN2O4/c25-19-10-22-20(26-23(28)14-31-22)9-18(19)24(29)27-11-15(12-27)13-30-21-8-4-3-7-17(21)16-5-1-2-6-16/h3-4,7-10,15-16H,1-2,5-6,11-14H2,(H,26,28). The van der Waals surface area contributed by atoms with E-state index < -0.39 is 5.82 Å². The van der Waals surface area contributed by atoms with E-state index >= 15 is 0 Å². The van der Waals surface area contributed by atoms with Crippen molar-refractivity contribution in [1.29, 1.82) is 0 Å². The molecule has 0 atom stereocenters. The van der Waals surface area contributed by atoms with Gasteiger partial charge in [0.2, 0.25) is 0 Å². The minimum atomic E-state index is -0.648. The molecule has 162 valence electrons. The zero-order valence-corrected chi connectivity index (χ0v) is 17.2. The first-order valence-electron chi connectivity index (χ1n) is 10.9. The number of rotatable bonds is 5. The van der Waals surface area contributed by atoms with E-state index in [1.807, 2.05) is 12.1 Å². The molecule has 1 N–H and O–H groups in total. The van der Waals surface area contributed by atoms with Gasteiger partial charge < -0.3 is 19.7 Å². The van der Waals surface area contributed by atoms with Crippen molar-refractivity contribution >= 4 is 17.5 Å². The summed E-state index contributed by atoms with van der Waals surface area (Å²) in [5.74, 6) is 0.612. The minimum absolute atomic E-state index is 0.0597. The van der Waals surface area contributed by atoms with Gasteiger partial charge in [-0.25, -0.2) is 4.39 Å². The summed E-state index contributed by atoms with van der Waals surface area (Å²) in [6.07, 6.45) is 4.97. The van der Waals surface area contributed by atoms with E-state index in [1.54, 1.807) is 4.90 Å². The maximum atomic E-state index is 14.4. The number of ether oxygens (including phenoxy) is 2. The molecule has 0 spiro atoms. The molecule has 6 nitrogen and oxygen atoms in total. The molecular formula is C24H25FN2O4. The zero-order chi connectivity index (χ0) is 21.4. The lowest BCUT2D eigenvalue weighted by Gasteiger charge is -2.39. The Bertz CT molecular complexity index is 1010. The van der Waals surface area contributed by atoms with Gasteiger partial charge in [0.1, 0.15) is 17.3 Å². The average Bonchev–Trinajstić information content (AvgIpc) is 3.27. The van der Waals surface area contributed by atoms with Gasteiger partial charge in [0, 0.05) is 25.1 Å². The van der Waals surface area contributed by atoms with E-state index in [0.717, 1.165) is 11.8 Å². The van der Waals surface area contributed by atoms with E-state index in [0.29, 0.717) is 31.3 Å². The Hall–Kier alpha value is -3.09. The Morgan fingerprint density at radius 1 is 1.19 bits per heavy atom. The predicted molar refractivity (Wildman–Crippen MR) is 113 cm³/mol. The van der Waals surface area contributed by atoms with Crippen molar-refractivity contribution in [2.45, 2.75) is 31.6 Å². The van der Waals surface area contributed by atoms with Gasteiger partial charge in [-0.3, -0.25) is 9.59 Å². The Labute approximate surface area is 180 Å². The number of carbonyl (C=O) groups is 2. The number of amides is 2. The van der Waals surface area contributed by atoms with Gasteiger partial charge in [-0.05, 0) is 36.5 Å². The van der Waals surface area contributed by atoms with E-state index in [-0.39, 0.29) is 35.7 Å². The normalized spacial score (nSPS) is 18.7. The summed E-state index contributed by atoms with van der Waals surface area (Å²) in [7, 11) is 0. The van der Waals surface area contributed by atoms with Crippen LogP contribution in [0.1, 0.15) is 47.5 Å². The molecule has 2 amide bonds. The molecule has 1 aliphatic carbocycles. The van der Waals surface area contributed by atoms with Crippen LogP contribution in [0.3, 0.4) is 0 Å². The number of anilines is 1. The van der Waals surface area contributed by atoms with Crippen LogP contribution in [0.5, 0.6) is 11.5 Å². The molecule has 0 bridgehead atoms. The van der Waals surface area contributed by atoms with E-state index in [2.05, 4.69) is 17.4 Å². The molecule has 2 fully saturated rings. The molecule has 5 rings (SSSR count). The molecule has 2 aromatic rings. The first-order chi connectivity index (χ1) is 15.1. The molecule has 3 aliphatic rings. The molecule has 2 aliphatic heterocycles. The van der Waals surface area contributed by atoms with Crippen molar-refractivity contribution in [1.82, 2.24) is 4.90 Å². The van der Waals surface area contributed by atoms with Gasteiger partial charge in [0.15, 0.2) is 6.61 Å². The Kier molecular flexibility index (Phi) is 5.26. The number of likely N-dealkylation sites (tertiary alicyclic amines) is 1. The number of halogens is 1. The fraction of sp³-hybridized carbons (Fsp3) is 0.417. The number of hydrogen-bond donors (Lipinski definition) is 1.